The zero-order chi connectivity index (χ0) is 19.7. The molecule has 4 rings (SSSR count). The monoisotopic (exact) mass is 399 g/mol. The summed E-state index contributed by atoms with van der Waals surface area (Å²) in [7, 11) is 0. The summed E-state index contributed by atoms with van der Waals surface area (Å²) >= 11 is -0.943. The molecule has 28 heavy (non-hydrogen) atoms. The fourth-order valence-electron chi connectivity index (χ4n) is 2.88. The Morgan fingerprint density at radius 3 is 2.79 bits per heavy atom. The quantitative estimate of drug-likeness (QED) is 0.479. The van der Waals surface area contributed by atoms with E-state index in [2.05, 4.69) is 19.9 Å². The van der Waals surface area contributed by atoms with Gasteiger partial charge in [0, 0.05) is 23.5 Å². The van der Waals surface area contributed by atoms with E-state index in [1.165, 1.54) is 23.0 Å². The van der Waals surface area contributed by atoms with Crippen molar-refractivity contribution in [2.24, 2.45) is 0 Å². The zero-order valence-electron chi connectivity index (χ0n) is 14.8. The highest BCUT2D eigenvalue weighted by Gasteiger charge is 2.15. The van der Waals surface area contributed by atoms with Gasteiger partial charge in [-0.2, -0.15) is 0 Å². The van der Waals surface area contributed by atoms with Gasteiger partial charge in [0.25, 0.3) is 6.43 Å². The lowest BCUT2D eigenvalue weighted by molar-refractivity contribution is 0.145. The van der Waals surface area contributed by atoms with Crippen molar-refractivity contribution in [3.63, 3.8) is 0 Å². The highest BCUT2D eigenvalue weighted by molar-refractivity contribution is 7.89. The first-order valence-corrected chi connectivity index (χ1v) is 10.1. The molecule has 0 aliphatic carbocycles. The molecule has 0 aliphatic rings. The Kier molecular flexibility index (Phi) is 5.01. The molecule has 3 heterocycles. The number of alkyl halides is 2. The van der Waals surface area contributed by atoms with Crippen LogP contribution in [0.15, 0.2) is 55.1 Å². The molecule has 0 saturated carbocycles. The van der Waals surface area contributed by atoms with Crippen LogP contribution in [-0.4, -0.2) is 35.1 Å². The molecule has 1 atom stereocenters. The van der Waals surface area contributed by atoms with Crippen LogP contribution in [0.2, 0.25) is 0 Å². The number of fused-ring (bicyclic) bond motifs is 1. The van der Waals surface area contributed by atoms with Gasteiger partial charge in [-0.3, -0.25) is 4.40 Å². The molecule has 0 amide bonds. The molecular weight excluding hydrogens is 384 g/mol. The van der Waals surface area contributed by atoms with Gasteiger partial charge in [-0.05, 0) is 12.1 Å². The van der Waals surface area contributed by atoms with Crippen LogP contribution in [0.5, 0.6) is 0 Å². The molecule has 0 aliphatic heterocycles. The van der Waals surface area contributed by atoms with Crippen LogP contribution < -0.4 is 0 Å². The smallest absolute Gasteiger partial charge is 0.281 e. The van der Waals surface area contributed by atoms with Crippen molar-refractivity contribution in [1.29, 1.82) is 0 Å². The van der Waals surface area contributed by atoms with Crippen molar-refractivity contribution < 1.29 is 13.3 Å². The van der Waals surface area contributed by atoms with Crippen molar-refractivity contribution in [2.45, 2.75) is 12.2 Å². The minimum absolute atomic E-state index is 0.344. The molecule has 1 aromatic carbocycles. The minimum Gasteiger partial charge on any atom is -0.616 e. The molecule has 6 nitrogen and oxygen atoms in total. The second kappa shape index (κ2) is 7.61. The van der Waals surface area contributed by atoms with Crippen LogP contribution in [0.1, 0.15) is 17.7 Å². The fraction of sp³-hybridized carbons (Fsp3) is 0.158. The fourth-order valence-corrected chi connectivity index (χ4v) is 3.53. The lowest BCUT2D eigenvalue weighted by Gasteiger charge is -2.08. The summed E-state index contributed by atoms with van der Waals surface area (Å²) in [6.45, 7) is 0. The van der Waals surface area contributed by atoms with Gasteiger partial charge in [0.2, 0.25) is 0 Å². The van der Waals surface area contributed by atoms with Gasteiger partial charge in [0.1, 0.15) is 17.1 Å². The summed E-state index contributed by atoms with van der Waals surface area (Å²) in [6, 6.07) is 9.40. The molecule has 4 aromatic rings. The van der Waals surface area contributed by atoms with Crippen molar-refractivity contribution in [1.82, 2.24) is 24.3 Å². The van der Waals surface area contributed by atoms with Crippen molar-refractivity contribution in [3.8, 4) is 22.8 Å². The van der Waals surface area contributed by atoms with E-state index in [9.17, 15) is 13.3 Å². The van der Waals surface area contributed by atoms with Gasteiger partial charge in [-0.25, -0.2) is 28.7 Å². The summed E-state index contributed by atoms with van der Waals surface area (Å²) in [4.78, 5) is 16.7. The van der Waals surface area contributed by atoms with E-state index in [4.69, 9.17) is 0 Å². The molecule has 0 spiro atoms. The standard InChI is InChI=1S/C19H15F2N5OS/c1-28(27)11-12-3-2-4-13(7-12)14-5-6-22-19(25-14)16-8-24-17-9-23-15(18(20)21)10-26(16)17/h2-10,18H,11H2,1H3. The second-order valence-corrected chi connectivity index (χ2v) is 7.60. The predicted molar refractivity (Wildman–Crippen MR) is 102 cm³/mol. The van der Waals surface area contributed by atoms with E-state index in [0.29, 0.717) is 28.6 Å². The van der Waals surface area contributed by atoms with E-state index in [1.54, 1.807) is 18.5 Å². The number of imidazole rings is 1. The number of halogens is 2. The molecule has 9 heteroatoms. The molecular formula is C19H15F2N5OS. The first kappa shape index (κ1) is 18.5. The normalized spacial score (nSPS) is 12.6. The molecule has 142 valence electrons. The third-order valence-corrected chi connectivity index (χ3v) is 4.86. The van der Waals surface area contributed by atoms with Crippen LogP contribution in [-0.2, 0) is 16.9 Å². The van der Waals surface area contributed by atoms with Crippen LogP contribution in [0.3, 0.4) is 0 Å². The highest BCUT2D eigenvalue weighted by Crippen LogP contribution is 2.24. The van der Waals surface area contributed by atoms with Gasteiger partial charge in [-0.15, -0.1) is 0 Å². The number of rotatable bonds is 5. The van der Waals surface area contributed by atoms with Crippen LogP contribution >= 0.6 is 0 Å². The largest absolute Gasteiger partial charge is 0.616 e. The Hall–Kier alpha value is -2.91. The summed E-state index contributed by atoms with van der Waals surface area (Å²) in [5.41, 5.74) is 3.05. The average Bonchev–Trinajstić information content (AvgIpc) is 3.11. The highest BCUT2D eigenvalue weighted by atomic mass is 32.2. The Balaban J connectivity index is 1.76. The Bertz CT molecular complexity index is 1130. The zero-order valence-corrected chi connectivity index (χ0v) is 15.6. The SMILES string of the molecule is C[S+]([O-])Cc1cccc(-c2ccnc(-c3cnc4cnc(C(F)F)cn34)n2)c1. The number of hydrogen-bond donors (Lipinski definition) is 0. The minimum atomic E-state index is -2.68. The molecule has 0 saturated heterocycles. The lowest BCUT2D eigenvalue weighted by Crippen LogP contribution is -2.01. The van der Waals surface area contributed by atoms with Gasteiger partial charge in [-0.1, -0.05) is 29.4 Å². The third kappa shape index (κ3) is 3.71. The Morgan fingerprint density at radius 1 is 1.14 bits per heavy atom. The Morgan fingerprint density at radius 2 is 2.00 bits per heavy atom. The van der Waals surface area contributed by atoms with Crippen molar-refractivity contribution in [2.75, 3.05) is 6.26 Å². The number of benzene rings is 1. The molecule has 0 bridgehead atoms. The van der Waals surface area contributed by atoms with Crippen molar-refractivity contribution >= 4 is 16.8 Å². The van der Waals surface area contributed by atoms with Crippen molar-refractivity contribution in [3.05, 3.63) is 66.4 Å². The molecule has 0 N–H and O–H groups in total. The van der Waals surface area contributed by atoms with Crippen LogP contribution in [0.4, 0.5) is 8.78 Å². The molecule has 0 radical (unpaired) electrons. The number of nitrogens with zero attached hydrogens (tertiary/aromatic N) is 5. The first-order valence-electron chi connectivity index (χ1n) is 8.35. The van der Waals surface area contributed by atoms with E-state index in [1.807, 2.05) is 24.3 Å². The van der Waals surface area contributed by atoms with Gasteiger partial charge in [0.15, 0.2) is 11.5 Å². The summed E-state index contributed by atoms with van der Waals surface area (Å²) in [6.07, 6.45) is 4.65. The number of aromatic nitrogens is 5. The average molecular weight is 399 g/mol. The molecule has 1 unspecified atom stereocenters. The van der Waals surface area contributed by atoms with E-state index < -0.39 is 17.6 Å². The maximum atomic E-state index is 13.0. The first-order chi connectivity index (χ1) is 13.5. The third-order valence-electron chi connectivity index (χ3n) is 4.12. The van der Waals surface area contributed by atoms with Gasteiger partial charge >= 0.3 is 0 Å². The van der Waals surface area contributed by atoms with Crippen LogP contribution in [0.25, 0.3) is 28.4 Å². The van der Waals surface area contributed by atoms with Gasteiger partial charge < -0.3 is 4.55 Å². The molecule has 3 aromatic heterocycles. The predicted octanol–water partition coefficient (Wildman–Crippen LogP) is 3.67. The van der Waals surface area contributed by atoms with E-state index in [0.717, 1.165) is 11.1 Å². The van der Waals surface area contributed by atoms with E-state index in [-0.39, 0.29) is 5.69 Å². The molecule has 0 fully saturated rings. The maximum absolute atomic E-state index is 13.0. The topological polar surface area (TPSA) is 79.0 Å². The summed E-state index contributed by atoms with van der Waals surface area (Å²) in [5.74, 6) is 0.823. The Labute approximate surface area is 162 Å². The lowest BCUT2D eigenvalue weighted by atomic mass is 10.1. The van der Waals surface area contributed by atoms with E-state index >= 15 is 0 Å². The maximum Gasteiger partial charge on any atom is 0.281 e. The van der Waals surface area contributed by atoms with Crippen LogP contribution in [0, 0.1) is 0 Å². The summed E-state index contributed by atoms with van der Waals surface area (Å²) < 4.78 is 39.0. The second-order valence-electron chi connectivity index (χ2n) is 6.17. The van der Waals surface area contributed by atoms with Gasteiger partial charge in [0.05, 0.1) is 24.3 Å². The summed E-state index contributed by atoms with van der Waals surface area (Å²) in [5, 5.41) is 0. The number of hydrogen-bond acceptors (Lipinski definition) is 5.